The van der Waals surface area contributed by atoms with Gasteiger partial charge in [-0.05, 0) is 36.8 Å². The van der Waals surface area contributed by atoms with Gasteiger partial charge in [-0.25, -0.2) is 0 Å². The molecule has 1 aromatic heterocycles. The van der Waals surface area contributed by atoms with Crippen molar-refractivity contribution in [2.45, 2.75) is 19.4 Å². The SMILES string of the molecule is CCOc1ccc(C(N)Cc2ccco2)cc1. The Bertz CT molecular complexity index is 434. The van der Waals surface area contributed by atoms with Crippen LogP contribution in [-0.4, -0.2) is 6.61 Å². The van der Waals surface area contributed by atoms with Crippen LogP contribution in [0.25, 0.3) is 0 Å². The quantitative estimate of drug-likeness (QED) is 0.860. The van der Waals surface area contributed by atoms with E-state index in [1.54, 1.807) is 6.26 Å². The predicted molar refractivity (Wildman–Crippen MR) is 67.0 cm³/mol. The van der Waals surface area contributed by atoms with Crippen molar-refractivity contribution in [2.75, 3.05) is 6.61 Å². The zero-order valence-electron chi connectivity index (χ0n) is 9.93. The highest BCUT2D eigenvalue weighted by Crippen LogP contribution is 2.19. The van der Waals surface area contributed by atoms with Crippen LogP contribution in [0.5, 0.6) is 5.75 Å². The molecule has 0 spiro atoms. The van der Waals surface area contributed by atoms with E-state index in [-0.39, 0.29) is 6.04 Å². The second kappa shape index (κ2) is 5.55. The molecule has 0 fully saturated rings. The smallest absolute Gasteiger partial charge is 0.119 e. The van der Waals surface area contributed by atoms with Gasteiger partial charge in [0.15, 0.2) is 0 Å². The first-order valence-corrected chi connectivity index (χ1v) is 5.80. The van der Waals surface area contributed by atoms with E-state index in [1.165, 1.54) is 0 Å². The summed E-state index contributed by atoms with van der Waals surface area (Å²) in [7, 11) is 0. The topological polar surface area (TPSA) is 48.4 Å². The number of furan rings is 1. The molecule has 1 atom stereocenters. The minimum Gasteiger partial charge on any atom is -0.494 e. The standard InChI is InChI=1S/C14H17NO2/c1-2-16-12-7-5-11(6-8-12)14(15)10-13-4-3-9-17-13/h3-9,14H,2,10,15H2,1H3. The number of hydrogen-bond acceptors (Lipinski definition) is 3. The molecule has 2 aromatic rings. The molecule has 1 heterocycles. The first kappa shape index (κ1) is 11.7. The van der Waals surface area contributed by atoms with Crippen molar-refractivity contribution in [3.05, 3.63) is 54.0 Å². The first-order valence-electron chi connectivity index (χ1n) is 5.80. The number of benzene rings is 1. The van der Waals surface area contributed by atoms with Crippen molar-refractivity contribution in [3.8, 4) is 5.75 Å². The molecule has 0 bridgehead atoms. The molecule has 0 aliphatic carbocycles. The molecule has 0 aliphatic heterocycles. The second-order valence-corrected chi connectivity index (χ2v) is 3.89. The maximum atomic E-state index is 6.11. The van der Waals surface area contributed by atoms with Crippen LogP contribution in [0.1, 0.15) is 24.3 Å². The third-order valence-electron chi connectivity index (χ3n) is 2.62. The molecular weight excluding hydrogens is 214 g/mol. The van der Waals surface area contributed by atoms with Gasteiger partial charge in [-0.1, -0.05) is 12.1 Å². The Hall–Kier alpha value is -1.74. The van der Waals surface area contributed by atoms with Crippen LogP contribution in [-0.2, 0) is 6.42 Å². The largest absolute Gasteiger partial charge is 0.494 e. The molecular formula is C14H17NO2. The Balaban J connectivity index is 2.01. The van der Waals surface area contributed by atoms with Crippen molar-refractivity contribution < 1.29 is 9.15 Å². The van der Waals surface area contributed by atoms with E-state index in [9.17, 15) is 0 Å². The van der Waals surface area contributed by atoms with E-state index < -0.39 is 0 Å². The van der Waals surface area contributed by atoms with Crippen LogP contribution in [0.15, 0.2) is 47.1 Å². The van der Waals surface area contributed by atoms with Crippen LogP contribution < -0.4 is 10.5 Å². The number of nitrogens with two attached hydrogens (primary N) is 1. The lowest BCUT2D eigenvalue weighted by molar-refractivity contribution is 0.340. The summed E-state index contributed by atoms with van der Waals surface area (Å²) < 4.78 is 10.7. The first-order chi connectivity index (χ1) is 8.29. The molecule has 0 saturated carbocycles. The van der Waals surface area contributed by atoms with Crippen LogP contribution in [0.2, 0.25) is 0 Å². The average molecular weight is 231 g/mol. The molecule has 1 unspecified atom stereocenters. The summed E-state index contributed by atoms with van der Waals surface area (Å²) in [4.78, 5) is 0. The number of rotatable bonds is 5. The number of ether oxygens (including phenoxy) is 1. The van der Waals surface area contributed by atoms with Gasteiger partial charge in [-0.15, -0.1) is 0 Å². The summed E-state index contributed by atoms with van der Waals surface area (Å²) in [5.74, 6) is 1.79. The summed E-state index contributed by atoms with van der Waals surface area (Å²) in [6.07, 6.45) is 2.38. The van der Waals surface area contributed by atoms with E-state index in [2.05, 4.69) is 0 Å². The zero-order chi connectivity index (χ0) is 12.1. The average Bonchev–Trinajstić information content (AvgIpc) is 2.83. The molecule has 0 radical (unpaired) electrons. The summed E-state index contributed by atoms with van der Waals surface area (Å²) >= 11 is 0. The van der Waals surface area contributed by atoms with E-state index in [1.807, 2.05) is 43.3 Å². The highest BCUT2D eigenvalue weighted by Gasteiger charge is 2.08. The van der Waals surface area contributed by atoms with E-state index in [0.717, 1.165) is 17.1 Å². The molecule has 0 saturated heterocycles. The summed E-state index contributed by atoms with van der Waals surface area (Å²) in [5, 5.41) is 0. The van der Waals surface area contributed by atoms with Gasteiger partial charge in [0.1, 0.15) is 11.5 Å². The fourth-order valence-electron chi connectivity index (χ4n) is 1.74. The third-order valence-corrected chi connectivity index (χ3v) is 2.62. The molecule has 3 nitrogen and oxygen atoms in total. The molecule has 17 heavy (non-hydrogen) atoms. The molecule has 2 rings (SSSR count). The van der Waals surface area contributed by atoms with Crippen molar-refractivity contribution in [1.29, 1.82) is 0 Å². The van der Waals surface area contributed by atoms with Crippen LogP contribution in [0.3, 0.4) is 0 Å². The van der Waals surface area contributed by atoms with Gasteiger partial charge in [0, 0.05) is 12.5 Å². The van der Waals surface area contributed by atoms with Crippen LogP contribution in [0.4, 0.5) is 0 Å². The highest BCUT2D eigenvalue weighted by atomic mass is 16.5. The van der Waals surface area contributed by atoms with Gasteiger partial charge in [0.05, 0.1) is 12.9 Å². The lowest BCUT2D eigenvalue weighted by atomic mass is 10.0. The van der Waals surface area contributed by atoms with E-state index >= 15 is 0 Å². The Morgan fingerprint density at radius 3 is 2.59 bits per heavy atom. The predicted octanol–water partition coefficient (Wildman–Crippen LogP) is 2.92. The minimum absolute atomic E-state index is 0.0446. The lowest BCUT2D eigenvalue weighted by Gasteiger charge is -2.11. The third kappa shape index (κ3) is 3.11. The Morgan fingerprint density at radius 1 is 1.24 bits per heavy atom. The molecule has 0 amide bonds. The molecule has 3 heteroatoms. The minimum atomic E-state index is -0.0446. The summed E-state index contributed by atoms with van der Waals surface area (Å²) in [6, 6.07) is 11.7. The second-order valence-electron chi connectivity index (χ2n) is 3.89. The van der Waals surface area contributed by atoms with Crippen LogP contribution in [0, 0.1) is 0 Å². The molecule has 2 N–H and O–H groups in total. The Morgan fingerprint density at radius 2 is 2.00 bits per heavy atom. The van der Waals surface area contributed by atoms with Gasteiger partial charge >= 0.3 is 0 Å². The monoisotopic (exact) mass is 231 g/mol. The fourth-order valence-corrected chi connectivity index (χ4v) is 1.74. The van der Waals surface area contributed by atoms with E-state index in [4.69, 9.17) is 14.9 Å². The highest BCUT2D eigenvalue weighted by molar-refractivity contribution is 5.29. The van der Waals surface area contributed by atoms with Crippen molar-refractivity contribution in [2.24, 2.45) is 5.73 Å². The summed E-state index contributed by atoms with van der Waals surface area (Å²) in [6.45, 7) is 2.65. The Kier molecular flexibility index (Phi) is 3.83. The maximum absolute atomic E-state index is 6.11. The van der Waals surface area contributed by atoms with Gasteiger partial charge in [-0.3, -0.25) is 0 Å². The summed E-state index contributed by atoms with van der Waals surface area (Å²) in [5.41, 5.74) is 7.20. The molecule has 90 valence electrons. The normalized spacial score (nSPS) is 12.4. The maximum Gasteiger partial charge on any atom is 0.119 e. The van der Waals surface area contributed by atoms with Gasteiger partial charge in [0.25, 0.3) is 0 Å². The molecule has 0 aliphatic rings. The Labute approximate surface area is 101 Å². The zero-order valence-corrected chi connectivity index (χ0v) is 9.93. The van der Waals surface area contributed by atoms with Crippen molar-refractivity contribution in [3.63, 3.8) is 0 Å². The van der Waals surface area contributed by atoms with Gasteiger partial charge in [0.2, 0.25) is 0 Å². The van der Waals surface area contributed by atoms with Crippen LogP contribution >= 0.6 is 0 Å². The van der Waals surface area contributed by atoms with Crippen molar-refractivity contribution in [1.82, 2.24) is 0 Å². The fraction of sp³-hybridized carbons (Fsp3) is 0.286. The van der Waals surface area contributed by atoms with E-state index in [0.29, 0.717) is 13.0 Å². The molecule has 1 aromatic carbocycles. The van der Waals surface area contributed by atoms with Crippen molar-refractivity contribution >= 4 is 0 Å². The van der Waals surface area contributed by atoms with Gasteiger partial charge in [-0.2, -0.15) is 0 Å². The number of hydrogen-bond donors (Lipinski definition) is 1. The van der Waals surface area contributed by atoms with Gasteiger partial charge < -0.3 is 14.9 Å². The lowest BCUT2D eigenvalue weighted by Crippen LogP contribution is -2.12.